The number of hydrogen-bond donors (Lipinski definition) is 1. The minimum atomic E-state index is -0.521. The fourth-order valence-electron chi connectivity index (χ4n) is 2.49. The molecule has 92 valence electrons. The van der Waals surface area contributed by atoms with Crippen molar-refractivity contribution >= 4 is 5.91 Å². The molecule has 16 heavy (non-hydrogen) atoms. The lowest BCUT2D eigenvalue weighted by Gasteiger charge is -2.46. The molecule has 0 aromatic heterocycles. The Hall–Kier alpha value is -0.610. The van der Waals surface area contributed by atoms with E-state index in [1.165, 1.54) is 0 Å². The van der Waals surface area contributed by atoms with Gasteiger partial charge in [0, 0.05) is 26.2 Å². The van der Waals surface area contributed by atoms with E-state index in [9.17, 15) is 9.90 Å². The van der Waals surface area contributed by atoms with E-state index < -0.39 is 5.60 Å². The van der Waals surface area contributed by atoms with Gasteiger partial charge in [0.05, 0.1) is 12.1 Å². The molecule has 2 fully saturated rings. The smallest absolute Gasteiger partial charge is 0.236 e. The normalized spacial score (nSPS) is 23.9. The minimum Gasteiger partial charge on any atom is -0.387 e. The zero-order chi connectivity index (χ0) is 11.8. The molecule has 0 aromatic rings. The van der Waals surface area contributed by atoms with E-state index in [1.807, 2.05) is 16.8 Å². The van der Waals surface area contributed by atoms with E-state index in [4.69, 9.17) is 0 Å². The topological polar surface area (TPSA) is 43.8 Å². The van der Waals surface area contributed by atoms with E-state index in [1.54, 1.807) is 0 Å². The Morgan fingerprint density at radius 3 is 2.62 bits per heavy atom. The van der Waals surface area contributed by atoms with Gasteiger partial charge in [0.1, 0.15) is 0 Å². The second-order valence-corrected chi connectivity index (χ2v) is 5.36. The summed E-state index contributed by atoms with van der Waals surface area (Å²) in [6.45, 7) is 3.86. The summed E-state index contributed by atoms with van der Waals surface area (Å²) in [5, 5.41) is 9.99. The maximum atomic E-state index is 11.8. The summed E-state index contributed by atoms with van der Waals surface area (Å²) in [6.07, 6.45) is 4.15. The average molecular weight is 226 g/mol. The van der Waals surface area contributed by atoms with Gasteiger partial charge in [0.25, 0.3) is 0 Å². The van der Waals surface area contributed by atoms with Crippen LogP contribution in [0.5, 0.6) is 0 Å². The summed E-state index contributed by atoms with van der Waals surface area (Å²) in [7, 11) is 1.89. The number of likely N-dealkylation sites (tertiary alicyclic amines) is 1. The van der Waals surface area contributed by atoms with Crippen molar-refractivity contribution in [1.82, 2.24) is 9.80 Å². The number of hydrogen-bond acceptors (Lipinski definition) is 3. The predicted octanol–water partition coefficient (Wildman–Crippen LogP) is 0.454. The molecular formula is C12H22N2O2. The molecule has 0 atom stereocenters. The van der Waals surface area contributed by atoms with Crippen LogP contribution in [0.2, 0.25) is 0 Å². The van der Waals surface area contributed by atoms with Gasteiger partial charge in [-0.15, -0.1) is 0 Å². The lowest BCUT2D eigenvalue weighted by Crippen LogP contribution is -2.63. The monoisotopic (exact) mass is 226 g/mol. The van der Waals surface area contributed by atoms with Crippen LogP contribution in [0.15, 0.2) is 0 Å². The molecule has 1 saturated heterocycles. The van der Waals surface area contributed by atoms with Crippen LogP contribution in [-0.4, -0.2) is 59.1 Å². The van der Waals surface area contributed by atoms with Crippen molar-refractivity contribution in [1.29, 1.82) is 0 Å². The van der Waals surface area contributed by atoms with Gasteiger partial charge >= 0.3 is 0 Å². The Balaban J connectivity index is 1.70. The number of amides is 1. The molecule has 1 N–H and O–H groups in total. The second-order valence-electron chi connectivity index (χ2n) is 5.36. The number of carbonyl (C=O) groups excluding carboxylic acids is 1. The molecule has 0 aromatic carbocycles. The van der Waals surface area contributed by atoms with Crippen LogP contribution < -0.4 is 0 Å². The fraction of sp³-hybridized carbons (Fsp3) is 0.917. The van der Waals surface area contributed by atoms with Crippen LogP contribution in [0.25, 0.3) is 0 Å². The SMILES string of the molecule is CCCC1(O)CN(CC(=O)N(C)C2CC2)C1. The van der Waals surface area contributed by atoms with Gasteiger partial charge in [0.15, 0.2) is 0 Å². The lowest BCUT2D eigenvalue weighted by molar-refractivity contribution is -0.141. The summed E-state index contributed by atoms with van der Waals surface area (Å²) in [5.41, 5.74) is -0.521. The summed E-state index contributed by atoms with van der Waals surface area (Å²) >= 11 is 0. The standard InChI is InChI=1S/C12H22N2O2/c1-3-6-12(16)8-14(9-12)7-11(15)13(2)10-4-5-10/h10,16H,3-9H2,1-2H3. The molecule has 1 aliphatic heterocycles. The summed E-state index contributed by atoms with van der Waals surface area (Å²) in [5.74, 6) is 0.195. The van der Waals surface area contributed by atoms with Gasteiger partial charge < -0.3 is 10.0 Å². The van der Waals surface area contributed by atoms with Crippen molar-refractivity contribution in [3.8, 4) is 0 Å². The molecule has 1 aliphatic carbocycles. The van der Waals surface area contributed by atoms with Crippen LogP contribution in [0.4, 0.5) is 0 Å². The fourth-order valence-corrected chi connectivity index (χ4v) is 2.49. The Morgan fingerprint density at radius 1 is 1.50 bits per heavy atom. The van der Waals surface area contributed by atoms with E-state index >= 15 is 0 Å². The molecular weight excluding hydrogens is 204 g/mol. The van der Waals surface area contributed by atoms with Gasteiger partial charge in [-0.2, -0.15) is 0 Å². The predicted molar refractivity (Wildman–Crippen MR) is 62.1 cm³/mol. The third-order valence-corrected chi connectivity index (χ3v) is 3.60. The Morgan fingerprint density at radius 2 is 2.12 bits per heavy atom. The molecule has 1 amide bonds. The first-order valence-corrected chi connectivity index (χ1v) is 6.24. The third-order valence-electron chi connectivity index (χ3n) is 3.60. The molecule has 0 unspecified atom stereocenters. The Labute approximate surface area is 97.2 Å². The maximum Gasteiger partial charge on any atom is 0.236 e. The largest absolute Gasteiger partial charge is 0.387 e. The molecule has 2 rings (SSSR count). The van der Waals surface area contributed by atoms with Gasteiger partial charge in [0.2, 0.25) is 5.91 Å². The van der Waals surface area contributed by atoms with Crippen LogP contribution >= 0.6 is 0 Å². The first kappa shape index (κ1) is 11.9. The summed E-state index contributed by atoms with van der Waals surface area (Å²) in [4.78, 5) is 15.7. The van der Waals surface area contributed by atoms with Crippen molar-refractivity contribution in [3.63, 3.8) is 0 Å². The Bertz CT molecular complexity index is 270. The zero-order valence-corrected chi connectivity index (χ0v) is 10.3. The number of likely N-dealkylation sites (N-methyl/N-ethyl adjacent to an activating group) is 1. The molecule has 1 heterocycles. The Kier molecular flexibility index (Phi) is 3.22. The van der Waals surface area contributed by atoms with Crippen molar-refractivity contribution in [2.24, 2.45) is 0 Å². The van der Waals surface area contributed by atoms with Crippen LogP contribution in [0, 0.1) is 0 Å². The zero-order valence-electron chi connectivity index (χ0n) is 10.3. The van der Waals surface area contributed by atoms with Crippen molar-refractivity contribution in [3.05, 3.63) is 0 Å². The van der Waals surface area contributed by atoms with Gasteiger partial charge in [-0.3, -0.25) is 9.69 Å². The quantitative estimate of drug-likeness (QED) is 0.740. The number of rotatable bonds is 5. The second kappa shape index (κ2) is 4.34. The highest BCUT2D eigenvalue weighted by Crippen LogP contribution is 2.28. The minimum absolute atomic E-state index is 0.195. The van der Waals surface area contributed by atoms with Crippen molar-refractivity contribution in [2.45, 2.75) is 44.2 Å². The lowest BCUT2D eigenvalue weighted by atomic mass is 9.89. The average Bonchev–Trinajstić information content (AvgIpc) is 2.97. The van der Waals surface area contributed by atoms with Crippen LogP contribution in [0.1, 0.15) is 32.6 Å². The number of β-amino-alcohol motifs (C(OH)–C–C–N with tert-alkyl or cyclic N) is 1. The third kappa shape index (κ3) is 2.55. The highest BCUT2D eigenvalue weighted by Gasteiger charge is 2.41. The highest BCUT2D eigenvalue weighted by atomic mass is 16.3. The van der Waals surface area contributed by atoms with E-state index in [-0.39, 0.29) is 5.91 Å². The molecule has 1 saturated carbocycles. The van der Waals surface area contributed by atoms with Gasteiger partial charge in [-0.25, -0.2) is 0 Å². The highest BCUT2D eigenvalue weighted by molar-refractivity contribution is 5.78. The number of nitrogens with zero attached hydrogens (tertiary/aromatic N) is 2. The number of aliphatic hydroxyl groups is 1. The first-order chi connectivity index (χ1) is 7.54. The summed E-state index contributed by atoms with van der Waals surface area (Å²) < 4.78 is 0. The van der Waals surface area contributed by atoms with Crippen molar-refractivity contribution in [2.75, 3.05) is 26.7 Å². The molecule has 0 radical (unpaired) electrons. The van der Waals surface area contributed by atoms with E-state index in [0.717, 1.165) is 25.7 Å². The van der Waals surface area contributed by atoms with Crippen LogP contribution in [-0.2, 0) is 4.79 Å². The van der Waals surface area contributed by atoms with Crippen molar-refractivity contribution < 1.29 is 9.90 Å². The van der Waals surface area contributed by atoms with E-state index in [0.29, 0.717) is 25.7 Å². The maximum absolute atomic E-state index is 11.8. The van der Waals surface area contributed by atoms with E-state index in [2.05, 4.69) is 6.92 Å². The molecule has 4 heteroatoms. The first-order valence-electron chi connectivity index (χ1n) is 6.24. The summed E-state index contributed by atoms with van der Waals surface area (Å²) in [6, 6.07) is 0.489. The molecule has 0 spiro atoms. The molecule has 4 nitrogen and oxygen atoms in total. The molecule has 2 aliphatic rings. The van der Waals surface area contributed by atoms with Crippen LogP contribution in [0.3, 0.4) is 0 Å². The number of carbonyl (C=O) groups is 1. The molecule has 0 bridgehead atoms. The van der Waals surface area contributed by atoms with Gasteiger partial charge in [-0.1, -0.05) is 13.3 Å². The van der Waals surface area contributed by atoms with Gasteiger partial charge in [-0.05, 0) is 19.3 Å².